The zero-order valence-corrected chi connectivity index (χ0v) is 19.5. The van der Waals surface area contributed by atoms with E-state index in [1.807, 2.05) is 12.1 Å². The molecule has 30 heavy (non-hydrogen) atoms. The topological polar surface area (TPSA) is 31.2 Å². The van der Waals surface area contributed by atoms with Crippen molar-refractivity contribution in [3.63, 3.8) is 0 Å². The smallest absolute Gasteiger partial charge is 0.146 e. The molecule has 2 atom stereocenters. The number of allylic oxidation sites excluding steroid dienone is 1. The van der Waals surface area contributed by atoms with Crippen LogP contribution in [0.1, 0.15) is 69.4 Å². The third-order valence-corrected chi connectivity index (χ3v) is 6.97. The molecule has 1 aliphatic heterocycles. The van der Waals surface area contributed by atoms with Gasteiger partial charge in [0.05, 0.1) is 11.7 Å². The first-order valence-corrected chi connectivity index (χ1v) is 11.8. The molecule has 1 unspecified atom stereocenters. The number of hydrogen-bond acceptors (Lipinski definition) is 3. The van der Waals surface area contributed by atoms with Crippen molar-refractivity contribution in [3.8, 4) is 0 Å². The van der Waals surface area contributed by atoms with E-state index in [1.165, 1.54) is 61.6 Å². The second kappa shape index (κ2) is 10.9. The van der Waals surface area contributed by atoms with Gasteiger partial charge in [0, 0.05) is 13.8 Å². The number of likely N-dealkylation sites (tertiary alicyclic amines) is 1. The summed E-state index contributed by atoms with van der Waals surface area (Å²) < 4.78 is 0. The van der Waals surface area contributed by atoms with Crippen molar-refractivity contribution in [3.05, 3.63) is 41.0 Å². The third-order valence-electron chi connectivity index (χ3n) is 6.97. The third kappa shape index (κ3) is 5.03. The average Bonchev–Trinajstić information content (AvgIpc) is 3.04. The predicted octanol–water partition coefficient (Wildman–Crippen LogP) is 6.13. The maximum Gasteiger partial charge on any atom is 0.146 e. The van der Waals surface area contributed by atoms with Crippen LogP contribution in [0.25, 0.3) is 0 Å². The van der Waals surface area contributed by atoms with Crippen LogP contribution in [0, 0.1) is 19.8 Å². The number of para-hydroxylation sites is 1. The Labute approximate surface area is 183 Å². The van der Waals surface area contributed by atoms with Gasteiger partial charge in [0.15, 0.2) is 0 Å². The second-order valence-corrected chi connectivity index (χ2v) is 8.96. The standard InChI is InChI=1S/C26H40N4/c1-6-22-14-16-23(17-15-22)25(29-18-9-7-8-10-19-29)26(27-4)30(28-5)24-20(2)12-11-13-21(24)3/h11-13,16,22,25H,5-10,14-15,17-19H2,1-4H3/t22-,25?/m1/s1. The number of rotatable bonds is 6. The summed E-state index contributed by atoms with van der Waals surface area (Å²) >= 11 is 0. The van der Waals surface area contributed by atoms with Crippen molar-refractivity contribution in [1.82, 2.24) is 4.90 Å². The van der Waals surface area contributed by atoms with Gasteiger partial charge in [0.2, 0.25) is 0 Å². The van der Waals surface area contributed by atoms with Crippen molar-refractivity contribution in [1.29, 1.82) is 0 Å². The van der Waals surface area contributed by atoms with Gasteiger partial charge in [-0.15, -0.1) is 0 Å². The molecule has 0 aromatic heterocycles. The van der Waals surface area contributed by atoms with Crippen LogP contribution >= 0.6 is 0 Å². The molecule has 0 amide bonds. The van der Waals surface area contributed by atoms with Gasteiger partial charge < -0.3 is 0 Å². The largest absolute Gasteiger partial charge is 0.290 e. The van der Waals surface area contributed by atoms with Gasteiger partial charge >= 0.3 is 0 Å². The molecule has 1 aromatic carbocycles. The van der Waals surface area contributed by atoms with Crippen LogP contribution < -0.4 is 5.01 Å². The number of aryl methyl sites for hydroxylation is 2. The molecule has 4 heteroatoms. The Morgan fingerprint density at radius 1 is 1.17 bits per heavy atom. The van der Waals surface area contributed by atoms with Crippen molar-refractivity contribution in [2.24, 2.45) is 16.0 Å². The summed E-state index contributed by atoms with van der Waals surface area (Å²) in [6.45, 7) is 12.9. The number of amidine groups is 1. The quantitative estimate of drug-likeness (QED) is 0.245. The summed E-state index contributed by atoms with van der Waals surface area (Å²) in [5.74, 6) is 1.85. The van der Waals surface area contributed by atoms with E-state index >= 15 is 0 Å². The molecule has 2 aliphatic rings. The van der Waals surface area contributed by atoms with Crippen molar-refractivity contribution < 1.29 is 0 Å². The first-order chi connectivity index (χ1) is 14.6. The predicted molar refractivity (Wildman–Crippen MR) is 131 cm³/mol. The van der Waals surface area contributed by atoms with E-state index in [-0.39, 0.29) is 6.04 Å². The lowest BCUT2D eigenvalue weighted by molar-refractivity contribution is 0.263. The van der Waals surface area contributed by atoms with Crippen LogP contribution in [0.15, 0.2) is 39.9 Å². The molecule has 0 spiro atoms. The van der Waals surface area contributed by atoms with Crippen LogP contribution in [0.3, 0.4) is 0 Å². The molecular formula is C26H40N4. The summed E-state index contributed by atoms with van der Waals surface area (Å²) in [6.07, 6.45) is 12.6. The van der Waals surface area contributed by atoms with Gasteiger partial charge in [-0.1, -0.05) is 50.5 Å². The van der Waals surface area contributed by atoms with E-state index in [4.69, 9.17) is 4.99 Å². The number of anilines is 1. The Kier molecular flexibility index (Phi) is 8.26. The molecule has 1 heterocycles. The summed E-state index contributed by atoms with van der Waals surface area (Å²) in [4.78, 5) is 7.53. The highest BCUT2D eigenvalue weighted by atomic mass is 15.5. The lowest BCUT2D eigenvalue weighted by Gasteiger charge is -2.38. The number of hydrogen-bond donors (Lipinski definition) is 0. The van der Waals surface area contributed by atoms with E-state index in [1.54, 1.807) is 0 Å². The monoisotopic (exact) mass is 408 g/mol. The minimum atomic E-state index is 0.190. The molecule has 3 rings (SSSR count). The second-order valence-electron chi connectivity index (χ2n) is 8.96. The molecule has 0 saturated carbocycles. The fourth-order valence-corrected chi connectivity index (χ4v) is 5.18. The van der Waals surface area contributed by atoms with Gasteiger partial charge in [-0.25, -0.2) is 5.01 Å². The molecule has 0 radical (unpaired) electrons. The highest BCUT2D eigenvalue weighted by molar-refractivity contribution is 6.04. The van der Waals surface area contributed by atoms with Crippen LogP contribution in [0.4, 0.5) is 5.69 Å². The fourth-order valence-electron chi connectivity index (χ4n) is 5.18. The molecule has 0 bridgehead atoms. The van der Waals surface area contributed by atoms with Gasteiger partial charge in [-0.2, -0.15) is 5.10 Å². The van der Waals surface area contributed by atoms with E-state index in [2.05, 4.69) is 61.8 Å². The van der Waals surface area contributed by atoms with Gasteiger partial charge in [0.25, 0.3) is 0 Å². The van der Waals surface area contributed by atoms with Crippen LogP contribution in [-0.2, 0) is 0 Å². The van der Waals surface area contributed by atoms with Crippen LogP contribution in [0.5, 0.6) is 0 Å². The summed E-state index contributed by atoms with van der Waals surface area (Å²) in [5, 5.41) is 6.54. The van der Waals surface area contributed by atoms with E-state index in [0.717, 1.165) is 37.0 Å². The van der Waals surface area contributed by atoms with Crippen LogP contribution in [-0.4, -0.2) is 43.6 Å². The molecule has 1 aromatic rings. The highest BCUT2D eigenvalue weighted by Gasteiger charge is 2.33. The van der Waals surface area contributed by atoms with E-state index in [9.17, 15) is 0 Å². The lowest BCUT2D eigenvalue weighted by Crippen LogP contribution is -2.49. The van der Waals surface area contributed by atoms with E-state index < -0.39 is 0 Å². The minimum Gasteiger partial charge on any atom is -0.290 e. The first kappa shape index (κ1) is 22.7. The SMILES string of the molecule is C=NN(C(=NC)C(C1=CC[C@@H](CC)CC1)N1CCCCCC1)c1c(C)cccc1C. The zero-order chi connectivity index (χ0) is 21.5. The van der Waals surface area contributed by atoms with Gasteiger partial charge in [-0.3, -0.25) is 9.89 Å². The molecule has 1 fully saturated rings. The maximum absolute atomic E-state index is 4.86. The lowest BCUT2D eigenvalue weighted by atomic mass is 9.84. The Balaban J connectivity index is 2.03. The molecular weight excluding hydrogens is 368 g/mol. The fraction of sp³-hybridized carbons (Fsp3) is 0.615. The first-order valence-electron chi connectivity index (χ1n) is 11.8. The number of nitrogens with zero attached hydrogens (tertiary/aromatic N) is 4. The Morgan fingerprint density at radius 3 is 2.33 bits per heavy atom. The minimum absolute atomic E-state index is 0.190. The normalized spacial score (nSPS) is 22.2. The van der Waals surface area contributed by atoms with Crippen molar-refractivity contribution in [2.75, 3.05) is 25.1 Å². The summed E-state index contributed by atoms with van der Waals surface area (Å²) in [7, 11) is 1.92. The summed E-state index contributed by atoms with van der Waals surface area (Å²) in [6, 6.07) is 6.61. The molecule has 4 nitrogen and oxygen atoms in total. The van der Waals surface area contributed by atoms with Gasteiger partial charge in [-0.05, 0) is 81.7 Å². The molecule has 1 saturated heterocycles. The average molecular weight is 409 g/mol. The number of benzene rings is 1. The molecule has 1 aliphatic carbocycles. The molecule has 0 N–H and O–H groups in total. The van der Waals surface area contributed by atoms with E-state index in [0.29, 0.717) is 0 Å². The highest BCUT2D eigenvalue weighted by Crippen LogP contribution is 2.34. The van der Waals surface area contributed by atoms with Crippen molar-refractivity contribution in [2.45, 2.75) is 78.2 Å². The Morgan fingerprint density at radius 2 is 1.83 bits per heavy atom. The molecule has 164 valence electrons. The zero-order valence-electron chi connectivity index (χ0n) is 19.5. The number of aliphatic imine (C=N–C) groups is 1. The Bertz CT molecular complexity index is 751. The summed E-state index contributed by atoms with van der Waals surface area (Å²) in [5.41, 5.74) is 5.07. The number of hydrazone groups is 1. The van der Waals surface area contributed by atoms with Crippen molar-refractivity contribution >= 4 is 18.2 Å². The van der Waals surface area contributed by atoms with Crippen LogP contribution in [0.2, 0.25) is 0 Å². The van der Waals surface area contributed by atoms with Gasteiger partial charge in [0.1, 0.15) is 5.84 Å². The maximum atomic E-state index is 4.86. The Hall–Kier alpha value is -1.94.